The fourth-order valence-electron chi connectivity index (χ4n) is 2.75. The highest BCUT2D eigenvalue weighted by Gasteiger charge is 2.46. The van der Waals surface area contributed by atoms with Gasteiger partial charge in [0.25, 0.3) is 5.91 Å². The van der Waals surface area contributed by atoms with Crippen LogP contribution in [0.4, 0.5) is 13.2 Å². The largest absolute Gasteiger partial charge is 0.408 e. The lowest BCUT2D eigenvalue weighted by molar-refractivity contribution is -0.183. The second-order valence-corrected chi connectivity index (χ2v) is 5.19. The Kier molecular flexibility index (Phi) is 3.35. The van der Waals surface area contributed by atoms with Crippen LogP contribution in [0.5, 0.6) is 0 Å². The molecule has 1 amide bonds. The average molecular weight is 297 g/mol. The quantitative estimate of drug-likeness (QED) is 0.879. The lowest BCUT2D eigenvalue weighted by atomic mass is 10.00. The summed E-state index contributed by atoms with van der Waals surface area (Å²) < 4.78 is 39.2. The molecule has 1 aromatic heterocycles. The summed E-state index contributed by atoms with van der Waals surface area (Å²) in [4.78, 5) is 20.2. The Labute approximate surface area is 119 Å². The first-order valence-corrected chi connectivity index (χ1v) is 6.77. The number of rotatable bonds is 1. The van der Waals surface area contributed by atoms with Crippen molar-refractivity contribution in [1.82, 2.24) is 14.9 Å². The van der Waals surface area contributed by atoms with Gasteiger partial charge in [-0.3, -0.25) is 4.79 Å². The van der Waals surface area contributed by atoms with Gasteiger partial charge in [0.05, 0.1) is 17.4 Å². The molecule has 7 heteroatoms. The monoisotopic (exact) mass is 297 g/mol. The number of halogens is 3. The third kappa shape index (κ3) is 2.59. The summed E-state index contributed by atoms with van der Waals surface area (Å²) in [7, 11) is 0. The van der Waals surface area contributed by atoms with E-state index in [-0.39, 0.29) is 18.5 Å². The third-order valence-electron chi connectivity index (χ3n) is 3.81. The minimum Gasteiger partial charge on any atom is -0.345 e. The average Bonchev–Trinajstić information content (AvgIpc) is 2.93. The molecule has 0 aliphatic carbocycles. The summed E-state index contributed by atoms with van der Waals surface area (Å²) in [5, 5.41) is 0. The van der Waals surface area contributed by atoms with E-state index in [0.717, 1.165) is 4.90 Å². The number of alkyl halides is 3. The third-order valence-corrected chi connectivity index (χ3v) is 3.81. The number of nitrogens with zero attached hydrogens (tertiary/aromatic N) is 2. The van der Waals surface area contributed by atoms with Gasteiger partial charge in [-0.1, -0.05) is 0 Å². The van der Waals surface area contributed by atoms with Crippen molar-refractivity contribution in [2.75, 3.05) is 6.54 Å². The second-order valence-electron chi connectivity index (χ2n) is 5.19. The molecule has 1 aromatic carbocycles. The fourth-order valence-corrected chi connectivity index (χ4v) is 2.75. The Hall–Kier alpha value is -2.05. The molecule has 3 rings (SSSR count). The molecule has 0 spiro atoms. The first-order chi connectivity index (χ1) is 9.97. The topological polar surface area (TPSA) is 49.0 Å². The number of nitrogens with one attached hydrogen (secondary N) is 1. The molecular formula is C14H14F3N3O. The van der Waals surface area contributed by atoms with Crippen molar-refractivity contribution in [2.45, 2.75) is 31.5 Å². The number of H-pyrrole nitrogens is 1. The van der Waals surface area contributed by atoms with Crippen LogP contribution < -0.4 is 0 Å². The lowest BCUT2D eigenvalue weighted by Crippen LogP contribution is -2.51. The van der Waals surface area contributed by atoms with E-state index in [1.807, 2.05) is 0 Å². The van der Waals surface area contributed by atoms with Crippen LogP contribution in [0.15, 0.2) is 24.5 Å². The number of hydrogen-bond donors (Lipinski definition) is 1. The number of piperidine rings is 1. The molecule has 1 fully saturated rings. The van der Waals surface area contributed by atoms with Crippen LogP contribution in [0.3, 0.4) is 0 Å². The first kappa shape index (κ1) is 13.9. The van der Waals surface area contributed by atoms with Gasteiger partial charge >= 0.3 is 6.18 Å². The van der Waals surface area contributed by atoms with Crippen LogP contribution in [-0.4, -0.2) is 39.5 Å². The number of amides is 1. The van der Waals surface area contributed by atoms with Crippen LogP contribution in [-0.2, 0) is 0 Å². The summed E-state index contributed by atoms with van der Waals surface area (Å²) in [5.41, 5.74) is 1.57. The van der Waals surface area contributed by atoms with Crippen LogP contribution in [0, 0.1) is 0 Å². The minimum absolute atomic E-state index is 0.0262. The molecule has 4 nitrogen and oxygen atoms in total. The number of carbonyl (C=O) groups excluding carboxylic acids is 1. The molecule has 2 aromatic rings. The van der Waals surface area contributed by atoms with Crippen molar-refractivity contribution >= 4 is 16.9 Å². The molecule has 1 aliphatic rings. The smallest absolute Gasteiger partial charge is 0.345 e. The van der Waals surface area contributed by atoms with Crippen molar-refractivity contribution in [3.8, 4) is 0 Å². The van der Waals surface area contributed by atoms with E-state index in [1.54, 1.807) is 12.1 Å². The van der Waals surface area contributed by atoms with Gasteiger partial charge < -0.3 is 9.88 Å². The molecule has 0 bridgehead atoms. The van der Waals surface area contributed by atoms with E-state index >= 15 is 0 Å². The Balaban J connectivity index is 1.91. The van der Waals surface area contributed by atoms with Gasteiger partial charge in [-0.15, -0.1) is 0 Å². The van der Waals surface area contributed by atoms with Gasteiger partial charge in [-0.05, 0) is 37.5 Å². The molecule has 112 valence electrons. The predicted octanol–water partition coefficient (Wildman–Crippen LogP) is 3.12. The molecule has 0 radical (unpaired) electrons. The number of benzene rings is 1. The summed E-state index contributed by atoms with van der Waals surface area (Å²) in [6, 6.07) is 3.02. The zero-order chi connectivity index (χ0) is 15.0. The van der Waals surface area contributed by atoms with Gasteiger partial charge in [0, 0.05) is 12.1 Å². The molecular weight excluding hydrogens is 283 g/mol. The van der Waals surface area contributed by atoms with Crippen molar-refractivity contribution < 1.29 is 18.0 Å². The van der Waals surface area contributed by atoms with Gasteiger partial charge in [0.2, 0.25) is 0 Å². The van der Waals surface area contributed by atoms with Crippen LogP contribution in [0.1, 0.15) is 29.6 Å². The number of aromatic amines is 1. The van der Waals surface area contributed by atoms with Crippen LogP contribution >= 0.6 is 0 Å². The molecule has 21 heavy (non-hydrogen) atoms. The number of carbonyl (C=O) groups is 1. The van der Waals surface area contributed by atoms with Gasteiger partial charge in [-0.25, -0.2) is 4.98 Å². The minimum atomic E-state index is -4.38. The summed E-state index contributed by atoms with van der Waals surface area (Å²) >= 11 is 0. The van der Waals surface area contributed by atoms with Gasteiger partial charge in [0.15, 0.2) is 0 Å². The molecule has 1 atom stereocenters. The Bertz CT molecular complexity index is 665. The second kappa shape index (κ2) is 5.05. The maximum atomic E-state index is 13.1. The van der Waals surface area contributed by atoms with E-state index in [9.17, 15) is 18.0 Å². The number of hydrogen-bond acceptors (Lipinski definition) is 2. The normalized spacial score (nSPS) is 20.0. The highest BCUT2D eigenvalue weighted by Crippen LogP contribution is 2.32. The van der Waals surface area contributed by atoms with Gasteiger partial charge in [-0.2, -0.15) is 13.2 Å². The van der Waals surface area contributed by atoms with E-state index in [0.29, 0.717) is 23.9 Å². The van der Waals surface area contributed by atoms with E-state index in [4.69, 9.17) is 0 Å². The van der Waals surface area contributed by atoms with Gasteiger partial charge in [0.1, 0.15) is 6.04 Å². The standard InChI is InChI=1S/C14H14F3N3O/c15-14(16,17)12-3-1-2-6-20(12)13(21)9-4-5-10-11(7-9)19-8-18-10/h4-5,7-8,12H,1-3,6H2,(H,18,19). The first-order valence-electron chi connectivity index (χ1n) is 6.77. The number of aromatic nitrogens is 2. The molecule has 2 heterocycles. The maximum absolute atomic E-state index is 13.1. The molecule has 1 aliphatic heterocycles. The maximum Gasteiger partial charge on any atom is 0.408 e. The van der Waals surface area contributed by atoms with E-state index in [2.05, 4.69) is 9.97 Å². The molecule has 0 saturated carbocycles. The number of fused-ring (bicyclic) bond motifs is 1. The van der Waals surface area contributed by atoms with E-state index < -0.39 is 18.1 Å². The summed E-state index contributed by atoms with van der Waals surface area (Å²) in [6.45, 7) is 0.143. The zero-order valence-electron chi connectivity index (χ0n) is 11.2. The lowest BCUT2D eigenvalue weighted by Gasteiger charge is -2.36. The highest BCUT2D eigenvalue weighted by atomic mass is 19.4. The van der Waals surface area contributed by atoms with Crippen molar-refractivity contribution in [2.24, 2.45) is 0 Å². The highest BCUT2D eigenvalue weighted by molar-refractivity contribution is 5.97. The summed E-state index contributed by atoms with van der Waals surface area (Å²) in [6.07, 6.45) is -1.83. The number of likely N-dealkylation sites (tertiary alicyclic amines) is 1. The fraction of sp³-hybridized carbons (Fsp3) is 0.429. The van der Waals surface area contributed by atoms with Crippen LogP contribution in [0.2, 0.25) is 0 Å². The van der Waals surface area contributed by atoms with Crippen molar-refractivity contribution in [3.05, 3.63) is 30.1 Å². The van der Waals surface area contributed by atoms with E-state index in [1.165, 1.54) is 12.4 Å². The summed E-state index contributed by atoms with van der Waals surface area (Å²) in [5.74, 6) is -0.575. The molecule has 1 N–H and O–H groups in total. The molecule has 1 unspecified atom stereocenters. The Morgan fingerprint density at radius 2 is 2.14 bits per heavy atom. The number of imidazole rings is 1. The van der Waals surface area contributed by atoms with Crippen LogP contribution in [0.25, 0.3) is 11.0 Å². The van der Waals surface area contributed by atoms with Crippen molar-refractivity contribution in [3.63, 3.8) is 0 Å². The Morgan fingerprint density at radius 3 is 2.90 bits per heavy atom. The Morgan fingerprint density at radius 1 is 1.33 bits per heavy atom. The predicted molar refractivity (Wildman–Crippen MR) is 70.8 cm³/mol. The van der Waals surface area contributed by atoms with Crippen molar-refractivity contribution in [1.29, 1.82) is 0 Å². The SMILES string of the molecule is O=C(c1ccc2nc[nH]c2c1)N1CCCCC1C(F)(F)F. The molecule has 1 saturated heterocycles. The zero-order valence-corrected chi connectivity index (χ0v) is 11.2.